The Bertz CT molecular complexity index is 523. The van der Waals surface area contributed by atoms with Crippen LogP contribution in [0.2, 0.25) is 0 Å². The Labute approximate surface area is 105 Å². The van der Waals surface area contributed by atoms with E-state index in [4.69, 9.17) is 0 Å². The van der Waals surface area contributed by atoms with Gasteiger partial charge in [0.05, 0.1) is 6.04 Å². The first kappa shape index (κ1) is 10.1. The summed E-state index contributed by atoms with van der Waals surface area (Å²) in [5.41, 5.74) is 1.29. The van der Waals surface area contributed by atoms with Gasteiger partial charge in [-0.05, 0) is 30.4 Å². The molecule has 5 nitrogen and oxygen atoms in total. The molecule has 1 aliphatic heterocycles. The third-order valence-corrected chi connectivity index (χ3v) is 3.75. The van der Waals surface area contributed by atoms with Crippen molar-refractivity contribution >= 4 is 5.95 Å². The Kier molecular flexibility index (Phi) is 2.12. The van der Waals surface area contributed by atoms with Crippen LogP contribution in [0.15, 0.2) is 30.9 Å². The average Bonchev–Trinajstić information content (AvgIpc) is 3.06. The Morgan fingerprint density at radius 1 is 1.11 bits per heavy atom. The summed E-state index contributed by atoms with van der Waals surface area (Å²) < 4.78 is 2.01. The molecule has 1 aliphatic carbocycles. The Morgan fingerprint density at radius 2 is 1.89 bits per heavy atom. The third kappa shape index (κ3) is 1.66. The number of anilines is 1. The summed E-state index contributed by atoms with van der Waals surface area (Å²) >= 11 is 0. The number of hydrogen-bond donors (Lipinski definition) is 0. The molecule has 0 atom stereocenters. The predicted octanol–water partition coefficient (Wildman–Crippen LogP) is 1.61. The fraction of sp³-hybridized carbons (Fsp3) is 0.462. The lowest BCUT2D eigenvalue weighted by molar-refractivity contribution is 0.363. The van der Waals surface area contributed by atoms with Crippen LogP contribution in [0.3, 0.4) is 0 Å². The SMILES string of the molecule is c1cnn(C2CN(c3ncc(C4CC4)cn3)C2)c1. The van der Waals surface area contributed by atoms with Crippen LogP contribution >= 0.6 is 0 Å². The largest absolute Gasteiger partial charge is 0.336 e. The van der Waals surface area contributed by atoms with Crippen molar-refractivity contribution in [3.8, 4) is 0 Å². The molecule has 92 valence electrons. The molecule has 2 fully saturated rings. The molecule has 0 radical (unpaired) electrons. The van der Waals surface area contributed by atoms with E-state index in [9.17, 15) is 0 Å². The van der Waals surface area contributed by atoms with E-state index < -0.39 is 0 Å². The molecule has 2 aliphatic rings. The zero-order chi connectivity index (χ0) is 11.9. The lowest BCUT2D eigenvalue weighted by atomic mass is 10.1. The van der Waals surface area contributed by atoms with Gasteiger partial charge in [-0.15, -0.1) is 0 Å². The minimum Gasteiger partial charge on any atom is -0.336 e. The van der Waals surface area contributed by atoms with Gasteiger partial charge in [-0.1, -0.05) is 0 Å². The van der Waals surface area contributed by atoms with Gasteiger partial charge in [-0.25, -0.2) is 9.97 Å². The van der Waals surface area contributed by atoms with Crippen molar-refractivity contribution < 1.29 is 0 Å². The molecule has 0 bridgehead atoms. The van der Waals surface area contributed by atoms with Crippen molar-refractivity contribution in [1.82, 2.24) is 19.7 Å². The first-order valence-corrected chi connectivity index (χ1v) is 6.46. The van der Waals surface area contributed by atoms with Crippen molar-refractivity contribution in [3.05, 3.63) is 36.4 Å². The highest BCUT2D eigenvalue weighted by Crippen LogP contribution is 2.39. The summed E-state index contributed by atoms with van der Waals surface area (Å²) in [6, 6.07) is 2.43. The van der Waals surface area contributed by atoms with Crippen LogP contribution in [0, 0.1) is 0 Å². The van der Waals surface area contributed by atoms with Crippen LogP contribution in [0.25, 0.3) is 0 Å². The zero-order valence-corrected chi connectivity index (χ0v) is 10.1. The van der Waals surface area contributed by atoms with Crippen molar-refractivity contribution in [2.24, 2.45) is 0 Å². The second-order valence-electron chi connectivity index (χ2n) is 5.14. The van der Waals surface area contributed by atoms with Crippen LogP contribution < -0.4 is 4.90 Å². The lowest BCUT2D eigenvalue weighted by Crippen LogP contribution is -2.48. The van der Waals surface area contributed by atoms with Gasteiger partial charge in [0.15, 0.2) is 0 Å². The van der Waals surface area contributed by atoms with Gasteiger partial charge >= 0.3 is 0 Å². The molecule has 2 aromatic rings. The monoisotopic (exact) mass is 241 g/mol. The predicted molar refractivity (Wildman–Crippen MR) is 67.5 cm³/mol. The average molecular weight is 241 g/mol. The number of hydrogen-bond acceptors (Lipinski definition) is 4. The Hall–Kier alpha value is -1.91. The fourth-order valence-corrected chi connectivity index (χ4v) is 2.40. The van der Waals surface area contributed by atoms with E-state index in [0.717, 1.165) is 25.0 Å². The van der Waals surface area contributed by atoms with E-state index in [-0.39, 0.29) is 0 Å². The molecule has 0 unspecified atom stereocenters. The Morgan fingerprint density at radius 3 is 2.50 bits per heavy atom. The quantitative estimate of drug-likeness (QED) is 0.819. The fourth-order valence-electron chi connectivity index (χ4n) is 2.40. The van der Waals surface area contributed by atoms with Gasteiger partial charge in [0, 0.05) is 37.9 Å². The first-order chi connectivity index (χ1) is 8.90. The molecule has 1 saturated heterocycles. The van der Waals surface area contributed by atoms with E-state index >= 15 is 0 Å². The van der Waals surface area contributed by atoms with Crippen molar-refractivity contribution in [3.63, 3.8) is 0 Å². The van der Waals surface area contributed by atoms with Crippen LogP contribution in [0.4, 0.5) is 5.95 Å². The van der Waals surface area contributed by atoms with Crippen LogP contribution in [-0.2, 0) is 0 Å². The maximum Gasteiger partial charge on any atom is 0.225 e. The molecule has 3 heterocycles. The van der Waals surface area contributed by atoms with Crippen LogP contribution in [-0.4, -0.2) is 32.8 Å². The summed E-state index contributed by atoms with van der Waals surface area (Å²) in [4.78, 5) is 11.1. The molecule has 2 aromatic heterocycles. The van der Waals surface area contributed by atoms with Gasteiger partial charge in [-0.2, -0.15) is 5.10 Å². The normalized spacial score (nSPS) is 19.9. The van der Waals surface area contributed by atoms with Crippen molar-refractivity contribution in [1.29, 1.82) is 0 Å². The Balaban J connectivity index is 1.43. The number of rotatable bonds is 3. The zero-order valence-electron chi connectivity index (χ0n) is 10.1. The van der Waals surface area contributed by atoms with Gasteiger partial charge in [0.1, 0.15) is 0 Å². The van der Waals surface area contributed by atoms with E-state index in [0.29, 0.717) is 6.04 Å². The minimum atomic E-state index is 0.465. The van der Waals surface area contributed by atoms with E-state index in [1.165, 1.54) is 18.4 Å². The van der Waals surface area contributed by atoms with Crippen molar-refractivity contribution in [2.45, 2.75) is 24.8 Å². The smallest absolute Gasteiger partial charge is 0.225 e. The standard InChI is InChI=1S/C13H15N5/c1-4-16-18(5-1)12-8-17(9-12)13-14-6-11(7-15-13)10-2-3-10/h1,4-7,10,12H,2-3,8-9H2. The topological polar surface area (TPSA) is 46.8 Å². The van der Waals surface area contributed by atoms with E-state index in [2.05, 4.69) is 20.0 Å². The highest BCUT2D eigenvalue weighted by molar-refractivity contribution is 5.35. The summed E-state index contributed by atoms with van der Waals surface area (Å²) in [5, 5.41) is 4.26. The van der Waals surface area contributed by atoms with Gasteiger partial charge in [-0.3, -0.25) is 4.68 Å². The lowest BCUT2D eigenvalue weighted by Gasteiger charge is -2.39. The molecular formula is C13H15N5. The van der Waals surface area contributed by atoms with E-state index in [1.807, 2.05) is 35.5 Å². The highest BCUT2D eigenvalue weighted by Gasteiger charge is 2.31. The maximum absolute atomic E-state index is 4.46. The maximum atomic E-state index is 4.46. The third-order valence-electron chi connectivity index (χ3n) is 3.75. The summed E-state index contributed by atoms with van der Waals surface area (Å²) in [5.74, 6) is 1.58. The molecule has 0 amide bonds. The molecule has 0 spiro atoms. The van der Waals surface area contributed by atoms with Gasteiger partial charge in [0.2, 0.25) is 5.95 Å². The molecule has 0 aromatic carbocycles. The minimum absolute atomic E-state index is 0.465. The second kappa shape index (κ2) is 3.80. The van der Waals surface area contributed by atoms with E-state index in [1.54, 1.807) is 0 Å². The van der Waals surface area contributed by atoms with Crippen LogP contribution in [0.5, 0.6) is 0 Å². The molecule has 5 heteroatoms. The molecular weight excluding hydrogens is 226 g/mol. The summed E-state index contributed by atoms with van der Waals surface area (Å²) in [6.45, 7) is 1.90. The van der Waals surface area contributed by atoms with Gasteiger partial charge < -0.3 is 4.90 Å². The number of aromatic nitrogens is 4. The molecule has 4 rings (SSSR count). The summed E-state index contributed by atoms with van der Waals surface area (Å²) in [6.07, 6.45) is 10.4. The van der Waals surface area contributed by atoms with Gasteiger partial charge in [0.25, 0.3) is 0 Å². The number of nitrogens with zero attached hydrogens (tertiary/aromatic N) is 5. The molecule has 18 heavy (non-hydrogen) atoms. The highest BCUT2D eigenvalue weighted by atomic mass is 15.4. The second-order valence-corrected chi connectivity index (χ2v) is 5.14. The first-order valence-electron chi connectivity index (χ1n) is 6.46. The van der Waals surface area contributed by atoms with Crippen molar-refractivity contribution in [2.75, 3.05) is 18.0 Å². The summed E-state index contributed by atoms with van der Waals surface area (Å²) in [7, 11) is 0. The molecule has 1 saturated carbocycles. The molecule has 0 N–H and O–H groups in total. The van der Waals surface area contributed by atoms with Crippen LogP contribution in [0.1, 0.15) is 30.4 Å².